The molecule has 0 aliphatic rings. The van der Waals surface area contributed by atoms with Crippen molar-refractivity contribution in [1.82, 2.24) is 4.81 Å². The number of unbranched alkanes of at least 4 members (excludes halogenated alkanes) is 2. The molecule has 0 saturated carbocycles. The van der Waals surface area contributed by atoms with Crippen molar-refractivity contribution < 1.29 is 0 Å². The highest BCUT2D eigenvalue weighted by Gasteiger charge is 2.26. The maximum Gasteiger partial charge on any atom is 0.223 e. The molecular formula is C14H32BN. The van der Waals surface area contributed by atoms with Gasteiger partial charge in [0.25, 0.3) is 0 Å². The molecule has 0 aromatic rings. The van der Waals surface area contributed by atoms with Crippen LogP contribution in [0, 0.1) is 0 Å². The molecule has 0 aliphatic carbocycles. The van der Waals surface area contributed by atoms with Crippen LogP contribution in [0.4, 0.5) is 0 Å². The van der Waals surface area contributed by atoms with Crippen molar-refractivity contribution in [2.75, 3.05) is 0 Å². The van der Waals surface area contributed by atoms with Gasteiger partial charge in [0.2, 0.25) is 6.85 Å². The van der Waals surface area contributed by atoms with Crippen LogP contribution in [0.15, 0.2) is 0 Å². The molecule has 0 N–H and O–H groups in total. The van der Waals surface area contributed by atoms with Crippen LogP contribution in [0.1, 0.15) is 67.2 Å². The summed E-state index contributed by atoms with van der Waals surface area (Å²) in [6.07, 6.45) is 8.17. The quantitative estimate of drug-likeness (QED) is 0.514. The van der Waals surface area contributed by atoms with E-state index < -0.39 is 0 Å². The molecule has 96 valence electrons. The zero-order valence-electron chi connectivity index (χ0n) is 12.4. The topological polar surface area (TPSA) is 3.24 Å². The van der Waals surface area contributed by atoms with Gasteiger partial charge in [-0.1, -0.05) is 79.9 Å². The first kappa shape index (κ1) is 16.0. The van der Waals surface area contributed by atoms with Gasteiger partial charge in [0.15, 0.2) is 0 Å². The average Bonchev–Trinajstić information content (AvgIpc) is 2.20. The van der Waals surface area contributed by atoms with Gasteiger partial charge in [0, 0.05) is 0 Å². The van der Waals surface area contributed by atoms with E-state index in [1.165, 1.54) is 38.3 Å². The lowest BCUT2D eigenvalue weighted by Gasteiger charge is -2.37. The van der Waals surface area contributed by atoms with Crippen molar-refractivity contribution in [3.63, 3.8) is 0 Å². The summed E-state index contributed by atoms with van der Waals surface area (Å²) in [5, 5.41) is 0. The first-order chi connectivity index (χ1) is 7.54. The Morgan fingerprint density at radius 1 is 0.812 bits per heavy atom. The molecule has 0 spiro atoms. The van der Waals surface area contributed by atoms with Crippen LogP contribution < -0.4 is 0 Å². The fourth-order valence-corrected chi connectivity index (χ4v) is 2.76. The zero-order chi connectivity index (χ0) is 12.6. The van der Waals surface area contributed by atoms with Crippen LogP contribution in [0.25, 0.3) is 0 Å². The van der Waals surface area contributed by atoms with Crippen LogP contribution in [0.5, 0.6) is 0 Å². The van der Waals surface area contributed by atoms with E-state index in [4.69, 9.17) is 0 Å². The van der Waals surface area contributed by atoms with Crippen molar-refractivity contribution in [3.05, 3.63) is 0 Å². The summed E-state index contributed by atoms with van der Waals surface area (Å²) >= 11 is 0. The number of rotatable bonds is 9. The average molecular weight is 225 g/mol. The lowest BCUT2D eigenvalue weighted by atomic mass is 9.51. The minimum atomic E-state index is 0.679. The molecule has 16 heavy (non-hydrogen) atoms. The maximum absolute atomic E-state index is 2.71. The fourth-order valence-electron chi connectivity index (χ4n) is 2.76. The van der Waals surface area contributed by atoms with Crippen molar-refractivity contribution in [2.45, 2.75) is 91.9 Å². The summed E-state index contributed by atoms with van der Waals surface area (Å²) in [5.74, 6) is 0. The minimum absolute atomic E-state index is 0.679. The van der Waals surface area contributed by atoms with Gasteiger partial charge in [-0.25, -0.2) is 0 Å². The molecule has 1 nitrogen and oxygen atoms in total. The number of nitrogens with zero attached hydrogens (tertiary/aromatic N) is 1. The fraction of sp³-hybridized carbons (Fsp3) is 1.00. The molecule has 0 aromatic heterocycles. The van der Waals surface area contributed by atoms with Gasteiger partial charge in [-0.05, 0) is 12.1 Å². The Morgan fingerprint density at radius 2 is 1.19 bits per heavy atom. The Labute approximate surface area is 104 Å². The number of hydrogen-bond acceptors (Lipinski definition) is 1. The summed E-state index contributed by atoms with van der Waals surface area (Å²) in [6.45, 7) is 14.8. The minimum Gasteiger partial charge on any atom is -0.337 e. The van der Waals surface area contributed by atoms with Gasteiger partial charge >= 0.3 is 0 Å². The van der Waals surface area contributed by atoms with Crippen LogP contribution in [0.2, 0.25) is 12.6 Å². The van der Waals surface area contributed by atoms with E-state index in [-0.39, 0.29) is 0 Å². The van der Waals surface area contributed by atoms with E-state index in [0.29, 0.717) is 12.1 Å². The molecule has 0 atom stereocenters. The van der Waals surface area contributed by atoms with Gasteiger partial charge in [-0.3, -0.25) is 0 Å². The summed E-state index contributed by atoms with van der Waals surface area (Å²) in [4.78, 5) is 2.71. The molecular weight excluding hydrogens is 193 g/mol. The van der Waals surface area contributed by atoms with Crippen LogP contribution in [0.3, 0.4) is 0 Å². The van der Waals surface area contributed by atoms with Crippen LogP contribution in [-0.4, -0.2) is 23.7 Å². The second-order valence-electron chi connectivity index (χ2n) is 5.57. The SMILES string of the molecule is CCCCB(CCCC)N(C(C)C)C(C)C. The Balaban J connectivity index is 4.40. The Bertz CT molecular complexity index is 141. The van der Waals surface area contributed by atoms with E-state index in [0.717, 1.165) is 6.85 Å². The van der Waals surface area contributed by atoms with Crippen molar-refractivity contribution in [3.8, 4) is 0 Å². The van der Waals surface area contributed by atoms with Crippen molar-refractivity contribution in [2.24, 2.45) is 0 Å². The summed E-state index contributed by atoms with van der Waals surface area (Å²) in [5.41, 5.74) is 0. The second kappa shape index (κ2) is 9.10. The molecule has 2 heteroatoms. The van der Waals surface area contributed by atoms with E-state index >= 15 is 0 Å². The molecule has 0 bridgehead atoms. The van der Waals surface area contributed by atoms with E-state index in [1.807, 2.05) is 0 Å². The molecule has 0 fully saturated rings. The predicted molar refractivity (Wildman–Crippen MR) is 77.3 cm³/mol. The molecule has 0 aliphatic heterocycles. The highest BCUT2D eigenvalue weighted by atomic mass is 15.1. The molecule has 0 rings (SSSR count). The predicted octanol–water partition coefficient (Wildman–Crippen LogP) is 4.70. The zero-order valence-corrected chi connectivity index (χ0v) is 12.4. The monoisotopic (exact) mass is 225 g/mol. The second-order valence-corrected chi connectivity index (χ2v) is 5.57. The number of hydrogen-bond donors (Lipinski definition) is 0. The normalized spacial score (nSPS) is 11.8. The van der Waals surface area contributed by atoms with Gasteiger partial charge in [-0.15, -0.1) is 0 Å². The van der Waals surface area contributed by atoms with E-state index in [1.54, 1.807) is 0 Å². The molecule has 0 heterocycles. The highest BCUT2D eigenvalue weighted by Crippen LogP contribution is 2.19. The Kier molecular flexibility index (Phi) is 9.11. The third-order valence-electron chi connectivity index (χ3n) is 3.40. The lowest BCUT2D eigenvalue weighted by Crippen LogP contribution is -2.48. The largest absolute Gasteiger partial charge is 0.337 e. The first-order valence-electron chi connectivity index (χ1n) is 7.31. The van der Waals surface area contributed by atoms with Gasteiger partial charge < -0.3 is 4.81 Å². The third kappa shape index (κ3) is 5.93. The van der Waals surface area contributed by atoms with Crippen molar-refractivity contribution in [1.29, 1.82) is 0 Å². The Morgan fingerprint density at radius 3 is 1.44 bits per heavy atom. The van der Waals surface area contributed by atoms with Crippen molar-refractivity contribution >= 4 is 6.85 Å². The molecule has 0 aromatic carbocycles. The highest BCUT2D eigenvalue weighted by molar-refractivity contribution is 6.55. The first-order valence-corrected chi connectivity index (χ1v) is 7.31. The summed E-state index contributed by atoms with van der Waals surface area (Å²) < 4.78 is 0. The molecule has 0 saturated heterocycles. The molecule has 0 unspecified atom stereocenters. The third-order valence-corrected chi connectivity index (χ3v) is 3.40. The van der Waals surface area contributed by atoms with Gasteiger partial charge in [-0.2, -0.15) is 0 Å². The standard InChI is InChI=1S/C14H32BN/c1-7-9-11-15(12-10-8-2)16(13(3)4)14(5)6/h13-14H,7-12H2,1-6H3. The molecule has 0 radical (unpaired) electrons. The van der Waals surface area contributed by atoms with E-state index in [9.17, 15) is 0 Å². The van der Waals surface area contributed by atoms with Crippen LogP contribution in [-0.2, 0) is 0 Å². The maximum atomic E-state index is 2.71. The van der Waals surface area contributed by atoms with Gasteiger partial charge in [0.1, 0.15) is 0 Å². The summed E-state index contributed by atoms with van der Waals surface area (Å²) in [7, 11) is 0. The van der Waals surface area contributed by atoms with E-state index in [2.05, 4.69) is 46.4 Å². The van der Waals surface area contributed by atoms with Crippen LogP contribution >= 0.6 is 0 Å². The summed E-state index contributed by atoms with van der Waals surface area (Å²) in [6, 6.07) is 1.36. The van der Waals surface area contributed by atoms with Gasteiger partial charge in [0.05, 0.1) is 0 Å². The molecule has 0 amide bonds. The Hall–Kier alpha value is 0.0249. The smallest absolute Gasteiger partial charge is 0.223 e. The lowest BCUT2D eigenvalue weighted by molar-refractivity contribution is 0.299.